The highest BCUT2D eigenvalue weighted by Crippen LogP contribution is 2.21. The third kappa shape index (κ3) is 2.88. The van der Waals surface area contributed by atoms with Gasteiger partial charge < -0.3 is 0 Å². The molecule has 2 rings (SSSR count). The van der Waals surface area contributed by atoms with Gasteiger partial charge in [-0.3, -0.25) is 10.2 Å². The largest absolute Gasteiger partial charge is 0.282 e. The van der Waals surface area contributed by atoms with Crippen LogP contribution in [0, 0.1) is 17.6 Å². The average molecular weight is 261 g/mol. The summed E-state index contributed by atoms with van der Waals surface area (Å²) in [5.74, 6) is 1.53. The molecule has 1 aromatic carbocycles. The number of nitrogens with one attached hydrogen (secondary N) is 2. The van der Waals surface area contributed by atoms with E-state index in [0.29, 0.717) is 4.77 Å². The van der Waals surface area contributed by atoms with E-state index in [4.69, 9.17) is 12.2 Å². The summed E-state index contributed by atoms with van der Waals surface area (Å²) in [6.45, 7) is 6.68. The fourth-order valence-electron chi connectivity index (χ4n) is 2.00. The second kappa shape index (κ2) is 5.48. The first-order valence-corrected chi connectivity index (χ1v) is 6.75. The minimum absolute atomic E-state index is 0.492. The van der Waals surface area contributed by atoms with E-state index in [9.17, 15) is 0 Å². The smallest absolute Gasteiger partial charge is 0.213 e. The summed E-state index contributed by atoms with van der Waals surface area (Å²) >= 11 is 4.97. The van der Waals surface area contributed by atoms with E-state index in [1.54, 1.807) is 0 Å². The molecule has 0 aliphatic heterocycles. The van der Waals surface area contributed by atoms with Crippen molar-refractivity contribution < 1.29 is 0 Å². The average Bonchev–Trinajstić information content (AvgIpc) is 2.78. The Balaban J connectivity index is 2.27. The SMILES string of the molecule is CCC(C)Cc1ccc(-c2nc(=S)[nH][nH]2)cc1C. The molecule has 1 aromatic heterocycles. The number of hydrogen-bond donors (Lipinski definition) is 2. The third-order valence-corrected chi connectivity index (χ3v) is 3.58. The van der Waals surface area contributed by atoms with E-state index in [0.717, 1.165) is 23.7 Å². The second-order valence-electron chi connectivity index (χ2n) is 4.87. The van der Waals surface area contributed by atoms with Crippen molar-refractivity contribution >= 4 is 12.2 Å². The second-order valence-corrected chi connectivity index (χ2v) is 5.26. The predicted octanol–water partition coefficient (Wildman–Crippen LogP) is 4.03. The van der Waals surface area contributed by atoms with Crippen LogP contribution in [0.15, 0.2) is 18.2 Å². The summed E-state index contributed by atoms with van der Waals surface area (Å²) in [6.07, 6.45) is 2.35. The summed E-state index contributed by atoms with van der Waals surface area (Å²) in [6, 6.07) is 6.47. The quantitative estimate of drug-likeness (QED) is 0.816. The van der Waals surface area contributed by atoms with Crippen LogP contribution in [0.2, 0.25) is 0 Å². The number of nitrogens with zero attached hydrogens (tertiary/aromatic N) is 1. The summed E-state index contributed by atoms with van der Waals surface area (Å²) in [7, 11) is 0. The molecule has 4 heteroatoms. The molecule has 0 spiro atoms. The molecule has 2 aromatic rings. The lowest BCUT2D eigenvalue weighted by molar-refractivity contribution is 0.559. The molecule has 3 nitrogen and oxygen atoms in total. The Bertz CT molecular complexity index is 583. The molecule has 0 aliphatic carbocycles. The maximum atomic E-state index is 4.97. The maximum Gasteiger partial charge on any atom is 0.213 e. The van der Waals surface area contributed by atoms with E-state index < -0.39 is 0 Å². The van der Waals surface area contributed by atoms with Crippen LogP contribution in [0.25, 0.3) is 11.4 Å². The Morgan fingerprint density at radius 1 is 1.33 bits per heavy atom. The molecule has 1 unspecified atom stereocenters. The lowest BCUT2D eigenvalue weighted by atomic mass is 9.94. The zero-order valence-corrected chi connectivity index (χ0v) is 11.9. The number of aromatic nitrogens is 3. The minimum atomic E-state index is 0.492. The van der Waals surface area contributed by atoms with Crippen molar-refractivity contribution in [1.82, 2.24) is 15.2 Å². The fraction of sp³-hybridized carbons (Fsp3) is 0.429. The normalized spacial score (nSPS) is 12.6. The molecular formula is C14H19N3S. The monoisotopic (exact) mass is 261 g/mol. The number of rotatable bonds is 4. The molecule has 0 bridgehead atoms. The fourth-order valence-corrected chi connectivity index (χ4v) is 2.14. The molecule has 96 valence electrons. The van der Waals surface area contributed by atoms with Gasteiger partial charge in [0, 0.05) is 5.56 Å². The van der Waals surface area contributed by atoms with Crippen molar-refractivity contribution in [2.75, 3.05) is 0 Å². The number of H-pyrrole nitrogens is 2. The zero-order valence-electron chi connectivity index (χ0n) is 11.1. The molecule has 0 saturated heterocycles. The van der Waals surface area contributed by atoms with Crippen molar-refractivity contribution in [3.05, 3.63) is 34.1 Å². The standard InChI is InChI=1S/C14H19N3S/c1-4-9(2)7-11-5-6-12(8-10(11)3)13-15-14(18)17-16-13/h5-6,8-9H,4,7H2,1-3H3,(H2,15,16,17,18). The van der Waals surface area contributed by atoms with Gasteiger partial charge in [0.1, 0.15) is 0 Å². The molecule has 0 radical (unpaired) electrons. The highest BCUT2D eigenvalue weighted by molar-refractivity contribution is 7.71. The van der Waals surface area contributed by atoms with Crippen LogP contribution >= 0.6 is 12.2 Å². The third-order valence-electron chi connectivity index (χ3n) is 3.38. The molecule has 1 heterocycles. The van der Waals surface area contributed by atoms with Gasteiger partial charge in [-0.1, -0.05) is 32.4 Å². The Labute approximate surface area is 113 Å². The Morgan fingerprint density at radius 2 is 2.11 bits per heavy atom. The topological polar surface area (TPSA) is 44.5 Å². The van der Waals surface area contributed by atoms with Crippen molar-refractivity contribution in [1.29, 1.82) is 0 Å². The summed E-state index contributed by atoms with van der Waals surface area (Å²) in [4.78, 5) is 4.23. The molecule has 0 amide bonds. The minimum Gasteiger partial charge on any atom is -0.282 e. The number of aromatic amines is 2. The van der Waals surface area contributed by atoms with Gasteiger partial charge >= 0.3 is 0 Å². The van der Waals surface area contributed by atoms with Gasteiger partial charge in [-0.15, -0.1) is 0 Å². The van der Waals surface area contributed by atoms with Gasteiger partial charge in [0.05, 0.1) is 0 Å². The Morgan fingerprint density at radius 3 is 2.67 bits per heavy atom. The number of aryl methyl sites for hydroxylation is 1. The van der Waals surface area contributed by atoms with Gasteiger partial charge in [0.15, 0.2) is 5.82 Å². The van der Waals surface area contributed by atoms with Crippen LogP contribution in [0.5, 0.6) is 0 Å². The van der Waals surface area contributed by atoms with Gasteiger partial charge in [-0.2, -0.15) is 4.98 Å². The Hall–Kier alpha value is -1.42. The van der Waals surface area contributed by atoms with Crippen LogP contribution in [0.3, 0.4) is 0 Å². The van der Waals surface area contributed by atoms with E-state index in [-0.39, 0.29) is 0 Å². The first kappa shape index (κ1) is 13.0. The van der Waals surface area contributed by atoms with E-state index >= 15 is 0 Å². The van der Waals surface area contributed by atoms with Crippen molar-refractivity contribution in [2.45, 2.75) is 33.6 Å². The number of hydrogen-bond acceptors (Lipinski definition) is 2. The van der Waals surface area contributed by atoms with Crippen molar-refractivity contribution in [2.24, 2.45) is 5.92 Å². The van der Waals surface area contributed by atoms with Crippen LogP contribution in [-0.4, -0.2) is 15.2 Å². The van der Waals surface area contributed by atoms with Crippen molar-refractivity contribution in [3.63, 3.8) is 0 Å². The van der Waals surface area contributed by atoms with Crippen LogP contribution < -0.4 is 0 Å². The van der Waals surface area contributed by atoms with Crippen LogP contribution in [0.4, 0.5) is 0 Å². The summed E-state index contributed by atoms with van der Waals surface area (Å²) in [5, 5.41) is 5.80. The van der Waals surface area contributed by atoms with Crippen molar-refractivity contribution in [3.8, 4) is 11.4 Å². The number of benzene rings is 1. The first-order chi connectivity index (χ1) is 8.60. The zero-order chi connectivity index (χ0) is 13.1. The highest BCUT2D eigenvalue weighted by atomic mass is 32.1. The van der Waals surface area contributed by atoms with Gasteiger partial charge in [-0.05, 0) is 48.7 Å². The van der Waals surface area contributed by atoms with Gasteiger partial charge in [-0.25, -0.2) is 0 Å². The Kier molecular flexibility index (Phi) is 3.97. The lowest BCUT2D eigenvalue weighted by Gasteiger charge is -2.11. The van der Waals surface area contributed by atoms with Gasteiger partial charge in [0.25, 0.3) is 0 Å². The highest BCUT2D eigenvalue weighted by Gasteiger charge is 2.07. The summed E-state index contributed by atoms with van der Waals surface area (Å²) < 4.78 is 0.492. The van der Waals surface area contributed by atoms with E-state index in [2.05, 4.69) is 54.2 Å². The van der Waals surface area contributed by atoms with Crippen LogP contribution in [-0.2, 0) is 6.42 Å². The predicted molar refractivity (Wildman–Crippen MR) is 77.1 cm³/mol. The first-order valence-electron chi connectivity index (χ1n) is 6.34. The molecule has 0 fully saturated rings. The molecule has 18 heavy (non-hydrogen) atoms. The van der Waals surface area contributed by atoms with Gasteiger partial charge in [0.2, 0.25) is 4.77 Å². The van der Waals surface area contributed by atoms with E-state index in [1.807, 2.05) is 0 Å². The molecular weight excluding hydrogens is 242 g/mol. The molecule has 1 atom stereocenters. The van der Waals surface area contributed by atoms with Crippen LogP contribution in [0.1, 0.15) is 31.4 Å². The molecule has 0 saturated carbocycles. The summed E-state index contributed by atoms with van der Waals surface area (Å²) in [5.41, 5.74) is 3.81. The maximum absolute atomic E-state index is 4.97. The van der Waals surface area contributed by atoms with E-state index in [1.165, 1.54) is 17.5 Å². The lowest BCUT2D eigenvalue weighted by Crippen LogP contribution is -2.00. The molecule has 2 N–H and O–H groups in total. The molecule has 0 aliphatic rings.